The minimum atomic E-state index is -0.373. The molecule has 0 aliphatic carbocycles. The van der Waals surface area contributed by atoms with E-state index in [1.165, 1.54) is 11.8 Å². The first-order valence-electron chi connectivity index (χ1n) is 7.91. The Kier molecular flexibility index (Phi) is 5.67. The summed E-state index contributed by atoms with van der Waals surface area (Å²) in [6.07, 6.45) is 1.77. The van der Waals surface area contributed by atoms with Crippen molar-refractivity contribution in [2.75, 3.05) is 5.75 Å². The number of para-hydroxylation sites is 2. The number of aromatic amines is 1. The lowest BCUT2D eigenvalue weighted by atomic mass is 10.3. The largest absolute Gasteiger partial charge is 0.345 e. The summed E-state index contributed by atoms with van der Waals surface area (Å²) in [5.74, 6) is 0.373. The fourth-order valence-corrected chi connectivity index (χ4v) is 3.69. The van der Waals surface area contributed by atoms with Gasteiger partial charge in [-0.25, -0.2) is 4.98 Å². The van der Waals surface area contributed by atoms with Crippen molar-refractivity contribution in [3.8, 4) is 0 Å². The number of imidazole rings is 1. The topological polar surface area (TPSA) is 91.8 Å². The Morgan fingerprint density at radius 3 is 2.81 bits per heavy atom. The highest BCUT2D eigenvalue weighted by atomic mass is 79.9. The molecule has 0 saturated carbocycles. The van der Waals surface area contributed by atoms with Gasteiger partial charge in [-0.05, 0) is 41.1 Å². The van der Waals surface area contributed by atoms with Crippen LogP contribution in [-0.4, -0.2) is 32.1 Å². The van der Waals surface area contributed by atoms with Gasteiger partial charge in [-0.3, -0.25) is 20.4 Å². The highest BCUT2D eigenvalue weighted by Crippen LogP contribution is 2.27. The number of halogens is 1. The Morgan fingerprint density at radius 2 is 2.12 bits per heavy atom. The first kappa shape index (κ1) is 18.5. The number of aromatic nitrogens is 3. The average molecular weight is 436 g/mol. The summed E-state index contributed by atoms with van der Waals surface area (Å²) in [4.78, 5) is 31.8. The molecule has 0 fully saturated rings. The molecule has 1 aromatic carbocycles. The second-order valence-corrected chi connectivity index (χ2v) is 7.99. The summed E-state index contributed by atoms with van der Waals surface area (Å²) in [5, 5.41) is 0.0210. The van der Waals surface area contributed by atoms with E-state index in [2.05, 4.69) is 36.7 Å². The summed E-state index contributed by atoms with van der Waals surface area (Å²) >= 11 is 4.74. The number of aryl methyl sites for hydroxylation is 1. The number of benzene rings is 1. The molecule has 2 amide bonds. The SMILES string of the molecule is CC(SCC(=O)NNC(=O)c1cc(Br)cn1C)c1nc2ccccc2[nH]1. The molecule has 2 heterocycles. The first-order valence-corrected chi connectivity index (χ1v) is 9.75. The molecule has 0 saturated heterocycles. The number of carbonyl (C=O) groups excluding carboxylic acids is 2. The van der Waals surface area contributed by atoms with Crippen LogP contribution in [0.4, 0.5) is 0 Å². The van der Waals surface area contributed by atoms with E-state index in [-0.39, 0.29) is 22.8 Å². The lowest BCUT2D eigenvalue weighted by molar-refractivity contribution is -0.119. The van der Waals surface area contributed by atoms with Crippen LogP contribution in [-0.2, 0) is 11.8 Å². The van der Waals surface area contributed by atoms with Crippen molar-refractivity contribution in [1.82, 2.24) is 25.4 Å². The fourth-order valence-electron chi connectivity index (χ4n) is 2.42. The molecule has 136 valence electrons. The zero-order chi connectivity index (χ0) is 18.7. The molecule has 7 nitrogen and oxygen atoms in total. The molecule has 3 rings (SSSR count). The number of amides is 2. The van der Waals surface area contributed by atoms with E-state index < -0.39 is 0 Å². The Morgan fingerprint density at radius 1 is 1.35 bits per heavy atom. The molecule has 0 spiro atoms. The predicted octanol–water partition coefficient (Wildman–Crippen LogP) is 2.92. The summed E-state index contributed by atoms with van der Waals surface area (Å²) in [5.41, 5.74) is 7.17. The average Bonchev–Trinajstić information content (AvgIpc) is 3.20. The van der Waals surface area contributed by atoms with Gasteiger partial charge in [0.2, 0.25) is 5.91 Å². The van der Waals surface area contributed by atoms with Gasteiger partial charge < -0.3 is 9.55 Å². The normalized spacial score (nSPS) is 12.1. The quantitative estimate of drug-likeness (QED) is 0.537. The van der Waals surface area contributed by atoms with Gasteiger partial charge in [0.25, 0.3) is 5.91 Å². The monoisotopic (exact) mass is 435 g/mol. The van der Waals surface area contributed by atoms with Gasteiger partial charge in [-0.15, -0.1) is 11.8 Å². The first-order chi connectivity index (χ1) is 12.4. The third-order valence-electron chi connectivity index (χ3n) is 3.78. The molecule has 3 N–H and O–H groups in total. The van der Waals surface area contributed by atoms with Gasteiger partial charge in [0.05, 0.1) is 22.0 Å². The van der Waals surface area contributed by atoms with Crippen LogP contribution in [0.2, 0.25) is 0 Å². The number of hydrazine groups is 1. The maximum absolute atomic E-state index is 12.1. The lowest BCUT2D eigenvalue weighted by Crippen LogP contribution is -2.43. The minimum absolute atomic E-state index is 0.0210. The zero-order valence-electron chi connectivity index (χ0n) is 14.2. The molecule has 0 bridgehead atoms. The minimum Gasteiger partial charge on any atom is -0.345 e. The summed E-state index contributed by atoms with van der Waals surface area (Å²) in [6.45, 7) is 1.98. The number of rotatable bonds is 5. The summed E-state index contributed by atoms with van der Waals surface area (Å²) in [6, 6.07) is 9.47. The number of carbonyl (C=O) groups is 2. The smallest absolute Gasteiger partial charge is 0.286 e. The molecular formula is C17H18BrN5O2S. The van der Waals surface area contributed by atoms with Gasteiger partial charge in [-0.1, -0.05) is 12.1 Å². The van der Waals surface area contributed by atoms with Crippen LogP contribution in [0, 0.1) is 0 Å². The zero-order valence-corrected chi connectivity index (χ0v) is 16.6. The standard InChI is InChI=1S/C17H18BrN5O2S/c1-10(16-19-12-5-3-4-6-13(12)20-16)26-9-15(24)21-22-17(25)14-7-11(18)8-23(14)2/h3-8,10H,9H2,1-2H3,(H,19,20)(H,21,24)(H,22,25). The van der Waals surface area contributed by atoms with Gasteiger partial charge >= 0.3 is 0 Å². The third kappa shape index (κ3) is 4.28. The molecule has 0 aliphatic heterocycles. The van der Waals surface area contributed by atoms with Gasteiger partial charge in [0.15, 0.2) is 0 Å². The van der Waals surface area contributed by atoms with Crippen LogP contribution in [0.5, 0.6) is 0 Å². The molecule has 2 aromatic heterocycles. The number of nitrogens with zero attached hydrogens (tertiary/aromatic N) is 2. The van der Waals surface area contributed by atoms with E-state index in [1.54, 1.807) is 23.9 Å². The highest BCUT2D eigenvalue weighted by Gasteiger charge is 2.15. The number of fused-ring (bicyclic) bond motifs is 1. The maximum atomic E-state index is 12.1. The van der Waals surface area contributed by atoms with Gasteiger partial charge in [-0.2, -0.15) is 0 Å². The Balaban J connectivity index is 1.49. The van der Waals surface area contributed by atoms with Crippen molar-refractivity contribution < 1.29 is 9.59 Å². The van der Waals surface area contributed by atoms with Gasteiger partial charge in [0, 0.05) is 17.7 Å². The molecule has 1 atom stereocenters. The van der Waals surface area contributed by atoms with Gasteiger partial charge in [0.1, 0.15) is 11.5 Å². The van der Waals surface area contributed by atoms with E-state index in [0.29, 0.717) is 5.69 Å². The number of H-pyrrole nitrogens is 1. The Hall–Kier alpha value is -2.26. The van der Waals surface area contributed by atoms with Crippen molar-refractivity contribution in [3.63, 3.8) is 0 Å². The molecule has 1 unspecified atom stereocenters. The van der Waals surface area contributed by atoms with Crippen molar-refractivity contribution in [2.45, 2.75) is 12.2 Å². The number of hydrogen-bond acceptors (Lipinski definition) is 4. The molecule has 3 aromatic rings. The molecule has 26 heavy (non-hydrogen) atoms. The van der Waals surface area contributed by atoms with E-state index in [0.717, 1.165) is 21.3 Å². The van der Waals surface area contributed by atoms with E-state index in [1.807, 2.05) is 31.2 Å². The van der Waals surface area contributed by atoms with Crippen LogP contribution in [0.15, 0.2) is 41.0 Å². The number of hydrogen-bond donors (Lipinski definition) is 3. The number of thioether (sulfide) groups is 1. The fraction of sp³-hybridized carbons (Fsp3) is 0.235. The van der Waals surface area contributed by atoms with E-state index in [4.69, 9.17) is 0 Å². The molecule has 0 aliphatic rings. The van der Waals surface area contributed by atoms with E-state index >= 15 is 0 Å². The third-order valence-corrected chi connectivity index (χ3v) is 5.36. The lowest BCUT2D eigenvalue weighted by Gasteiger charge is -2.10. The Bertz CT molecular complexity index is 919. The predicted molar refractivity (Wildman–Crippen MR) is 106 cm³/mol. The van der Waals surface area contributed by atoms with Crippen LogP contribution in [0.1, 0.15) is 28.5 Å². The molecule has 0 radical (unpaired) electrons. The van der Waals surface area contributed by atoms with Crippen LogP contribution in [0.3, 0.4) is 0 Å². The Labute approximate surface area is 163 Å². The van der Waals surface area contributed by atoms with Crippen LogP contribution in [0.25, 0.3) is 11.0 Å². The van der Waals surface area contributed by atoms with Crippen molar-refractivity contribution >= 4 is 50.5 Å². The van der Waals surface area contributed by atoms with Crippen LogP contribution < -0.4 is 10.9 Å². The summed E-state index contributed by atoms with van der Waals surface area (Å²) in [7, 11) is 1.76. The molecule has 9 heteroatoms. The highest BCUT2D eigenvalue weighted by molar-refractivity contribution is 9.10. The van der Waals surface area contributed by atoms with Crippen molar-refractivity contribution in [1.29, 1.82) is 0 Å². The number of nitrogens with one attached hydrogen (secondary N) is 3. The van der Waals surface area contributed by atoms with Crippen molar-refractivity contribution in [2.24, 2.45) is 7.05 Å². The molecular weight excluding hydrogens is 418 g/mol. The maximum Gasteiger partial charge on any atom is 0.286 e. The second-order valence-electron chi connectivity index (χ2n) is 5.75. The van der Waals surface area contributed by atoms with Crippen molar-refractivity contribution in [3.05, 3.63) is 52.5 Å². The second kappa shape index (κ2) is 7.96. The summed E-state index contributed by atoms with van der Waals surface area (Å²) < 4.78 is 2.47. The van der Waals surface area contributed by atoms with Crippen LogP contribution >= 0.6 is 27.7 Å². The van der Waals surface area contributed by atoms with E-state index in [9.17, 15) is 9.59 Å².